The minimum atomic E-state index is -3.73. The lowest BCUT2D eigenvalue weighted by molar-refractivity contribution is 0.107. The summed E-state index contributed by atoms with van der Waals surface area (Å²) in [6, 6.07) is 6.45. The third-order valence-corrected chi connectivity index (χ3v) is 5.25. The molecule has 1 aromatic rings. The Kier molecular flexibility index (Phi) is 6.34. The molecule has 1 atom stereocenters. The van der Waals surface area contributed by atoms with Crippen LogP contribution >= 0.6 is 0 Å². The van der Waals surface area contributed by atoms with Gasteiger partial charge >= 0.3 is 0 Å². The molecule has 0 aliphatic heterocycles. The summed E-state index contributed by atoms with van der Waals surface area (Å²) in [5, 5.41) is 18.9. The normalized spacial score (nSPS) is 13.1. The first-order valence-electron chi connectivity index (χ1n) is 7.04. The van der Waals surface area contributed by atoms with Crippen molar-refractivity contribution in [2.24, 2.45) is 5.92 Å². The van der Waals surface area contributed by atoms with E-state index in [0.717, 1.165) is 12.8 Å². The second kappa shape index (κ2) is 7.55. The van der Waals surface area contributed by atoms with Crippen LogP contribution < -0.4 is 4.72 Å². The predicted octanol–water partition coefficient (Wildman–Crippen LogP) is 1.94. The fourth-order valence-electron chi connectivity index (χ4n) is 2.23. The zero-order valence-corrected chi connectivity index (χ0v) is 13.4. The van der Waals surface area contributed by atoms with Crippen molar-refractivity contribution in [1.29, 1.82) is 5.26 Å². The Morgan fingerprint density at radius 3 is 2.48 bits per heavy atom. The topological polar surface area (TPSA) is 90.2 Å². The highest BCUT2D eigenvalue weighted by Gasteiger charge is 2.21. The maximum Gasteiger partial charge on any atom is 0.240 e. The number of aryl methyl sites for hydroxylation is 1. The summed E-state index contributed by atoms with van der Waals surface area (Å²) in [6.07, 6.45) is 0.874. The highest BCUT2D eigenvalue weighted by atomic mass is 32.2. The van der Waals surface area contributed by atoms with E-state index in [4.69, 9.17) is 5.26 Å². The molecule has 0 saturated carbocycles. The minimum absolute atomic E-state index is 0.0229. The molecule has 0 aliphatic carbocycles. The number of hydrogen-bond acceptors (Lipinski definition) is 4. The molecule has 0 heterocycles. The molecule has 116 valence electrons. The second-order valence-corrected chi connectivity index (χ2v) is 6.82. The molecule has 1 rings (SSSR count). The van der Waals surface area contributed by atoms with Crippen LogP contribution in [-0.2, 0) is 10.0 Å². The van der Waals surface area contributed by atoms with Crippen molar-refractivity contribution >= 4 is 10.0 Å². The first-order chi connectivity index (χ1) is 9.85. The van der Waals surface area contributed by atoms with Crippen LogP contribution in [0.4, 0.5) is 0 Å². The standard InChI is InChI=1S/C15H22N2O3S/c1-4-13(5-2)14(18)10-17-21(19,20)15-8-12(9-16)7-6-11(15)3/h6-8,13-14,17-18H,4-5,10H2,1-3H3. The number of nitrogens with zero attached hydrogens (tertiary/aromatic N) is 1. The molecule has 0 saturated heterocycles. The van der Waals surface area contributed by atoms with E-state index in [2.05, 4.69) is 4.72 Å². The van der Waals surface area contributed by atoms with Gasteiger partial charge in [-0.3, -0.25) is 0 Å². The molecule has 0 fully saturated rings. The van der Waals surface area contributed by atoms with Crippen molar-refractivity contribution in [3.8, 4) is 6.07 Å². The van der Waals surface area contributed by atoms with Gasteiger partial charge in [0.05, 0.1) is 22.6 Å². The Balaban J connectivity index is 2.90. The smallest absolute Gasteiger partial charge is 0.240 e. The molecule has 1 aromatic carbocycles. The number of rotatable bonds is 7. The number of sulfonamides is 1. The maximum absolute atomic E-state index is 12.3. The van der Waals surface area contributed by atoms with Gasteiger partial charge in [0.25, 0.3) is 0 Å². The lowest BCUT2D eigenvalue weighted by Gasteiger charge is -2.20. The van der Waals surface area contributed by atoms with Crippen LogP contribution in [0.15, 0.2) is 23.1 Å². The van der Waals surface area contributed by atoms with E-state index in [9.17, 15) is 13.5 Å². The number of aliphatic hydroxyl groups excluding tert-OH is 1. The molecule has 5 nitrogen and oxygen atoms in total. The first-order valence-corrected chi connectivity index (χ1v) is 8.52. The van der Waals surface area contributed by atoms with Crippen LogP contribution in [0, 0.1) is 24.2 Å². The average molecular weight is 310 g/mol. The maximum atomic E-state index is 12.3. The van der Waals surface area contributed by atoms with E-state index in [1.165, 1.54) is 6.07 Å². The Bertz CT molecular complexity index is 616. The Morgan fingerprint density at radius 1 is 1.33 bits per heavy atom. The second-order valence-electron chi connectivity index (χ2n) is 5.09. The van der Waals surface area contributed by atoms with Crippen molar-refractivity contribution in [2.45, 2.75) is 44.6 Å². The highest BCUT2D eigenvalue weighted by molar-refractivity contribution is 7.89. The van der Waals surface area contributed by atoms with Crippen LogP contribution in [-0.4, -0.2) is 26.2 Å². The molecule has 6 heteroatoms. The third-order valence-electron chi connectivity index (χ3n) is 3.68. The van der Waals surface area contributed by atoms with Gasteiger partial charge in [0.2, 0.25) is 10.0 Å². The molecule has 2 N–H and O–H groups in total. The van der Waals surface area contributed by atoms with Gasteiger partial charge in [0.15, 0.2) is 0 Å². The summed E-state index contributed by atoms with van der Waals surface area (Å²) in [5.41, 5.74) is 0.861. The molecule has 0 radical (unpaired) electrons. The summed E-state index contributed by atoms with van der Waals surface area (Å²) < 4.78 is 27.0. The lowest BCUT2D eigenvalue weighted by atomic mass is 9.97. The van der Waals surface area contributed by atoms with E-state index in [-0.39, 0.29) is 17.4 Å². The van der Waals surface area contributed by atoms with E-state index < -0.39 is 16.1 Å². The number of hydrogen-bond donors (Lipinski definition) is 2. The fourth-order valence-corrected chi connectivity index (χ4v) is 3.55. The van der Waals surface area contributed by atoms with E-state index in [0.29, 0.717) is 11.1 Å². The molecule has 0 amide bonds. The molecule has 0 bridgehead atoms. The SMILES string of the molecule is CCC(CC)C(O)CNS(=O)(=O)c1cc(C#N)ccc1C. The molecule has 21 heavy (non-hydrogen) atoms. The van der Waals surface area contributed by atoms with Crippen molar-refractivity contribution in [1.82, 2.24) is 4.72 Å². The summed E-state index contributed by atoms with van der Waals surface area (Å²) in [4.78, 5) is 0.0818. The largest absolute Gasteiger partial charge is 0.391 e. The third kappa shape index (κ3) is 4.53. The summed E-state index contributed by atoms with van der Waals surface area (Å²) in [6.45, 7) is 5.58. The summed E-state index contributed by atoms with van der Waals surface area (Å²) in [5.74, 6) is 0.0687. The van der Waals surface area contributed by atoms with Crippen molar-refractivity contribution < 1.29 is 13.5 Å². The molecule has 1 unspecified atom stereocenters. The van der Waals surface area contributed by atoms with Gasteiger partial charge < -0.3 is 5.11 Å². The Morgan fingerprint density at radius 2 is 1.95 bits per heavy atom. The summed E-state index contributed by atoms with van der Waals surface area (Å²) >= 11 is 0. The van der Waals surface area contributed by atoms with Gasteiger partial charge in [0, 0.05) is 6.54 Å². The Labute approximate surface area is 126 Å². The van der Waals surface area contributed by atoms with E-state index >= 15 is 0 Å². The van der Waals surface area contributed by atoms with Crippen molar-refractivity contribution in [3.63, 3.8) is 0 Å². The zero-order valence-electron chi connectivity index (χ0n) is 12.6. The van der Waals surface area contributed by atoms with Crippen LogP contribution in [0.1, 0.15) is 37.8 Å². The van der Waals surface area contributed by atoms with Gasteiger partial charge in [-0.25, -0.2) is 13.1 Å². The predicted molar refractivity (Wildman–Crippen MR) is 81.2 cm³/mol. The quantitative estimate of drug-likeness (QED) is 0.805. The lowest BCUT2D eigenvalue weighted by Crippen LogP contribution is -2.36. The number of nitriles is 1. The van der Waals surface area contributed by atoms with Gasteiger partial charge in [0.1, 0.15) is 0 Å². The molecule has 0 aliphatic rings. The highest BCUT2D eigenvalue weighted by Crippen LogP contribution is 2.18. The van der Waals surface area contributed by atoms with Crippen LogP contribution in [0.25, 0.3) is 0 Å². The van der Waals surface area contributed by atoms with Crippen molar-refractivity contribution in [2.75, 3.05) is 6.54 Å². The van der Waals surface area contributed by atoms with Gasteiger partial charge in [-0.15, -0.1) is 0 Å². The monoisotopic (exact) mass is 310 g/mol. The Hall–Kier alpha value is -1.42. The average Bonchev–Trinajstić information content (AvgIpc) is 2.47. The first kappa shape index (κ1) is 17.6. The van der Waals surface area contributed by atoms with E-state index in [1.807, 2.05) is 19.9 Å². The molecular formula is C15H22N2O3S. The molecular weight excluding hydrogens is 288 g/mol. The number of nitrogens with one attached hydrogen (secondary N) is 1. The fraction of sp³-hybridized carbons (Fsp3) is 0.533. The summed E-state index contributed by atoms with van der Waals surface area (Å²) in [7, 11) is -3.73. The van der Waals surface area contributed by atoms with Gasteiger partial charge in [-0.2, -0.15) is 5.26 Å². The number of aliphatic hydroxyl groups is 1. The van der Waals surface area contributed by atoms with Crippen LogP contribution in [0.3, 0.4) is 0 Å². The van der Waals surface area contributed by atoms with Gasteiger partial charge in [-0.05, 0) is 30.5 Å². The van der Waals surface area contributed by atoms with E-state index in [1.54, 1.807) is 19.1 Å². The van der Waals surface area contributed by atoms with Crippen molar-refractivity contribution in [3.05, 3.63) is 29.3 Å². The molecule has 0 aromatic heterocycles. The van der Waals surface area contributed by atoms with Crippen LogP contribution in [0.2, 0.25) is 0 Å². The zero-order chi connectivity index (χ0) is 16.0. The number of benzene rings is 1. The van der Waals surface area contributed by atoms with Crippen LogP contribution in [0.5, 0.6) is 0 Å². The molecule has 0 spiro atoms. The van der Waals surface area contributed by atoms with Gasteiger partial charge in [-0.1, -0.05) is 32.8 Å². The minimum Gasteiger partial charge on any atom is -0.391 e.